The molecule has 5 nitrogen and oxygen atoms in total. The summed E-state index contributed by atoms with van der Waals surface area (Å²) in [5.74, 6) is 0.216. The maximum Gasteiger partial charge on any atom is 0.350 e. The van der Waals surface area contributed by atoms with Gasteiger partial charge in [-0.1, -0.05) is 0 Å². The van der Waals surface area contributed by atoms with Crippen LogP contribution in [0, 0.1) is 5.92 Å². The summed E-state index contributed by atoms with van der Waals surface area (Å²) in [4.78, 5) is 15.8. The molecule has 1 atom stereocenters. The van der Waals surface area contributed by atoms with E-state index in [9.17, 15) is 4.79 Å². The zero-order valence-corrected chi connectivity index (χ0v) is 14.3. The predicted molar refractivity (Wildman–Crippen MR) is 88.7 cm³/mol. The van der Waals surface area contributed by atoms with Crippen molar-refractivity contribution in [3.05, 3.63) is 4.88 Å². The van der Waals surface area contributed by atoms with Gasteiger partial charge in [0.15, 0.2) is 0 Å². The van der Waals surface area contributed by atoms with Crippen molar-refractivity contribution in [3.8, 4) is 0 Å². The number of esters is 1. The van der Waals surface area contributed by atoms with Crippen LogP contribution in [0.1, 0.15) is 23.0 Å². The standard InChI is InChI=1S/C14H22N2O3S2/c1-4-19-14(17)12-10(15)11(20-3)13(21-12)16-6-5-9(7-16)8-18-2/h9H,4-8,15H2,1-3H3. The van der Waals surface area contributed by atoms with Crippen LogP contribution >= 0.6 is 23.1 Å². The van der Waals surface area contributed by atoms with Crippen LogP contribution in [-0.2, 0) is 9.47 Å². The lowest BCUT2D eigenvalue weighted by atomic mass is 10.1. The highest BCUT2D eigenvalue weighted by Crippen LogP contribution is 2.45. The van der Waals surface area contributed by atoms with E-state index in [-0.39, 0.29) is 5.97 Å². The molecule has 0 aromatic carbocycles. The molecular formula is C14H22N2O3S2. The van der Waals surface area contributed by atoms with Crippen molar-refractivity contribution in [3.63, 3.8) is 0 Å². The summed E-state index contributed by atoms with van der Waals surface area (Å²) in [5, 5.41) is 1.08. The summed E-state index contributed by atoms with van der Waals surface area (Å²) in [6.45, 7) is 4.86. The molecule has 2 N–H and O–H groups in total. The maximum atomic E-state index is 12.0. The Morgan fingerprint density at radius 2 is 2.33 bits per heavy atom. The van der Waals surface area contributed by atoms with Gasteiger partial charge in [0.05, 0.1) is 23.8 Å². The van der Waals surface area contributed by atoms with Crippen LogP contribution < -0.4 is 10.6 Å². The molecule has 0 saturated carbocycles. The number of carbonyl (C=O) groups excluding carboxylic acids is 1. The number of rotatable bonds is 6. The van der Waals surface area contributed by atoms with Crippen LogP contribution in [-0.4, -0.2) is 45.6 Å². The molecule has 7 heteroatoms. The number of nitrogens with two attached hydrogens (primary N) is 1. The third kappa shape index (κ3) is 3.46. The molecule has 1 aromatic rings. The van der Waals surface area contributed by atoms with Crippen LogP contribution in [0.25, 0.3) is 0 Å². The molecule has 1 aromatic heterocycles. The molecule has 1 fully saturated rings. The van der Waals surface area contributed by atoms with Crippen molar-refractivity contribution >= 4 is 39.8 Å². The highest BCUT2D eigenvalue weighted by atomic mass is 32.2. The van der Waals surface area contributed by atoms with Gasteiger partial charge in [-0.25, -0.2) is 4.79 Å². The number of thioether (sulfide) groups is 1. The van der Waals surface area contributed by atoms with E-state index in [1.807, 2.05) is 6.26 Å². The first-order valence-electron chi connectivity index (χ1n) is 6.99. The molecule has 2 heterocycles. The molecule has 0 bridgehead atoms. The summed E-state index contributed by atoms with van der Waals surface area (Å²) in [7, 11) is 1.73. The second-order valence-electron chi connectivity index (χ2n) is 4.96. The molecule has 2 rings (SSSR count). The Morgan fingerprint density at radius 1 is 1.57 bits per heavy atom. The van der Waals surface area contributed by atoms with Crippen LogP contribution in [0.2, 0.25) is 0 Å². The summed E-state index contributed by atoms with van der Waals surface area (Å²) >= 11 is 3.03. The molecule has 0 amide bonds. The Morgan fingerprint density at radius 3 is 2.95 bits per heavy atom. The zero-order chi connectivity index (χ0) is 15.4. The van der Waals surface area contributed by atoms with Crippen LogP contribution in [0.5, 0.6) is 0 Å². The normalized spacial score (nSPS) is 18.2. The largest absolute Gasteiger partial charge is 0.462 e. The Bertz CT molecular complexity index is 505. The first kappa shape index (κ1) is 16.5. The monoisotopic (exact) mass is 330 g/mol. The Balaban J connectivity index is 2.23. The Labute approximate surface area is 133 Å². The lowest BCUT2D eigenvalue weighted by Crippen LogP contribution is -2.20. The average Bonchev–Trinajstić information content (AvgIpc) is 3.03. The minimum absolute atomic E-state index is 0.325. The molecule has 21 heavy (non-hydrogen) atoms. The Hall–Kier alpha value is -0.920. The van der Waals surface area contributed by atoms with Gasteiger partial charge in [0.1, 0.15) is 9.88 Å². The fourth-order valence-electron chi connectivity index (χ4n) is 2.56. The van der Waals surface area contributed by atoms with Gasteiger partial charge in [-0.15, -0.1) is 23.1 Å². The second-order valence-corrected chi connectivity index (χ2v) is 6.78. The van der Waals surface area contributed by atoms with Crippen molar-refractivity contribution in [1.82, 2.24) is 0 Å². The van der Waals surface area contributed by atoms with E-state index in [4.69, 9.17) is 15.2 Å². The van der Waals surface area contributed by atoms with Gasteiger partial charge in [0.2, 0.25) is 0 Å². The minimum atomic E-state index is -0.325. The number of ether oxygens (including phenoxy) is 2. The van der Waals surface area contributed by atoms with E-state index in [2.05, 4.69) is 4.90 Å². The minimum Gasteiger partial charge on any atom is -0.462 e. The van der Waals surface area contributed by atoms with E-state index < -0.39 is 0 Å². The molecule has 1 saturated heterocycles. The van der Waals surface area contributed by atoms with E-state index in [1.54, 1.807) is 25.8 Å². The fraction of sp³-hybridized carbons (Fsp3) is 0.643. The van der Waals surface area contributed by atoms with Gasteiger partial charge in [-0.05, 0) is 19.6 Å². The summed E-state index contributed by atoms with van der Waals surface area (Å²) in [6.07, 6.45) is 3.09. The highest BCUT2D eigenvalue weighted by molar-refractivity contribution is 7.99. The predicted octanol–water partition coefficient (Wildman–Crippen LogP) is 2.70. The fourth-order valence-corrected chi connectivity index (χ4v) is 4.67. The van der Waals surface area contributed by atoms with Gasteiger partial charge in [-0.3, -0.25) is 0 Å². The van der Waals surface area contributed by atoms with Crippen molar-refractivity contribution in [2.24, 2.45) is 5.92 Å². The third-order valence-corrected chi connectivity index (χ3v) is 5.72. The Kier molecular flexibility index (Phi) is 5.78. The quantitative estimate of drug-likeness (QED) is 0.639. The summed E-state index contributed by atoms with van der Waals surface area (Å²) in [5.41, 5.74) is 6.70. The first-order valence-corrected chi connectivity index (χ1v) is 9.03. The topological polar surface area (TPSA) is 64.8 Å². The molecule has 0 spiro atoms. The third-order valence-electron chi connectivity index (χ3n) is 3.52. The molecule has 1 aliphatic rings. The van der Waals surface area contributed by atoms with Gasteiger partial charge < -0.3 is 20.1 Å². The highest BCUT2D eigenvalue weighted by Gasteiger charge is 2.29. The van der Waals surface area contributed by atoms with Gasteiger partial charge in [0.25, 0.3) is 0 Å². The smallest absolute Gasteiger partial charge is 0.350 e. The van der Waals surface area contributed by atoms with Crippen LogP contribution in [0.3, 0.4) is 0 Å². The lowest BCUT2D eigenvalue weighted by molar-refractivity contribution is 0.0533. The number of methoxy groups -OCH3 is 1. The summed E-state index contributed by atoms with van der Waals surface area (Å²) < 4.78 is 10.3. The first-order chi connectivity index (χ1) is 10.1. The number of nitrogen functional groups attached to an aromatic ring is 1. The zero-order valence-electron chi connectivity index (χ0n) is 12.7. The van der Waals surface area contributed by atoms with E-state index in [1.165, 1.54) is 11.3 Å². The number of anilines is 2. The van der Waals surface area contributed by atoms with E-state index >= 15 is 0 Å². The van der Waals surface area contributed by atoms with E-state index in [0.717, 1.165) is 36.0 Å². The van der Waals surface area contributed by atoms with Crippen LogP contribution in [0.15, 0.2) is 4.90 Å². The van der Waals surface area contributed by atoms with Gasteiger partial charge in [-0.2, -0.15) is 0 Å². The number of hydrogen-bond donors (Lipinski definition) is 1. The lowest BCUT2D eigenvalue weighted by Gasteiger charge is -2.18. The number of nitrogens with zero attached hydrogens (tertiary/aromatic N) is 1. The second kappa shape index (κ2) is 7.38. The number of thiophene rings is 1. The van der Waals surface area contributed by atoms with E-state index in [0.29, 0.717) is 23.1 Å². The van der Waals surface area contributed by atoms with Crippen molar-refractivity contribution in [2.45, 2.75) is 18.2 Å². The maximum absolute atomic E-state index is 12.0. The molecule has 0 radical (unpaired) electrons. The number of hydrogen-bond acceptors (Lipinski definition) is 7. The van der Waals surface area contributed by atoms with Crippen molar-refractivity contribution < 1.29 is 14.3 Å². The van der Waals surface area contributed by atoms with Crippen LogP contribution in [0.4, 0.5) is 10.7 Å². The molecule has 1 aliphatic heterocycles. The molecular weight excluding hydrogens is 308 g/mol. The summed E-state index contributed by atoms with van der Waals surface area (Å²) in [6, 6.07) is 0. The van der Waals surface area contributed by atoms with Gasteiger partial charge >= 0.3 is 5.97 Å². The van der Waals surface area contributed by atoms with Gasteiger partial charge in [0, 0.05) is 26.1 Å². The average molecular weight is 330 g/mol. The molecule has 0 aliphatic carbocycles. The van der Waals surface area contributed by atoms with Crippen molar-refractivity contribution in [1.29, 1.82) is 0 Å². The molecule has 118 valence electrons. The number of carbonyl (C=O) groups is 1. The van der Waals surface area contributed by atoms with Crippen molar-refractivity contribution in [2.75, 3.05) is 50.3 Å². The molecule has 1 unspecified atom stereocenters. The SMILES string of the molecule is CCOC(=O)c1sc(N2CCC(COC)C2)c(SC)c1N.